The summed E-state index contributed by atoms with van der Waals surface area (Å²) in [4.78, 5) is 21.2. The number of carbonyl (C=O) groups is 1. The first-order valence-electron chi connectivity index (χ1n) is 5.24. The van der Waals surface area contributed by atoms with E-state index in [9.17, 15) is 23.3 Å². The van der Waals surface area contributed by atoms with Gasteiger partial charge in [0.2, 0.25) is 10.0 Å². The maximum absolute atomic E-state index is 11.7. The Bertz CT molecular complexity index is 624. The molecule has 1 aromatic carbocycles. The first-order chi connectivity index (χ1) is 8.61. The topological polar surface area (TPSA) is 132 Å². The second-order valence-corrected chi connectivity index (χ2v) is 5.71. The first-order valence-corrected chi connectivity index (χ1v) is 6.79. The molecule has 0 saturated heterocycles. The predicted molar refractivity (Wildman–Crippen MR) is 67.1 cm³/mol. The highest BCUT2D eigenvalue weighted by Crippen LogP contribution is 2.20. The van der Waals surface area contributed by atoms with E-state index < -0.39 is 31.4 Å². The lowest BCUT2D eigenvalue weighted by Gasteiger charge is -2.09. The van der Waals surface area contributed by atoms with Crippen LogP contribution in [-0.2, 0) is 10.0 Å². The van der Waals surface area contributed by atoms with Crippen molar-refractivity contribution in [2.24, 2.45) is 5.14 Å². The number of carbonyl (C=O) groups excluding carboxylic acids is 1. The molecule has 0 aliphatic heterocycles. The Labute approximate surface area is 109 Å². The fraction of sp³-hybridized carbons (Fsp3) is 0.300. The number of benzene rings is 1. The molecule has 0 saturated carbocycles. The van der Waals surface area contributed by atoms with Crippen LogP contribution in [-0.4, -0.2) is 25.3 Å². The second kappa shape index (κ2) is 5.33. The molecule has 1 aromatic rings. The summed E-state index contributed by atoms with van der Waals surface area (Å²) in [5.41, 5.74) is -0.646. The van der Waals surface area contributed by atoms with Crippen molar-refractivity contribution in [2.45, 2.75) is 24.8 Å². The van der Waals surface area contributed by atoms with Crippen LogP contribution in [0.2, 0.25) is 0 Å². The molecule has 1 amide bonds. The molecule has 0 radical (unpaired) electrons. The van der Waals surface area contributed by atoms with E-state index in [0.29, 0.717) is 0 Å². The van der Waals surface area contributed by atoms with Crippen molar-refractivity contribution in [1.82, 2.24) is 5.32 Å². The molecule has 0 aliphatic rings. The lowest BCUT2D eigenvalue weighted by molar-refractivity contribution is -0.385. The quantitative estimate of drug-likeness (QED) is 0.610. The van der Waals surface area contributed by atoms with Gasteiger partial charge in [0, 0.05) is 23.7 Å². The van der Waals surface area contributed by atoms with Crippen molar-refractivity contribution in [3.63, 3.8) is 0 Å². The molecule has 0 heterocycles. The Kier molecular flexibility index (Phi) is 4.22. The van der Waals surface area contributed by atoms with Crippen molar-refractivity contribution in [1.29, 1.82) is 0 Å². The number of nitrogens with zero attached hydrogens (tertiary/aromatic N) is 1. The molecule has 19 heavy (non-hydrogen) atoms. The molecule has 3 N–H and O–H groups in total. The molecular formula is C10H13N3O5S. The maximum Gasteiger partial charge on any atom is 0.271 e. The molecule has 0 fully saturated rings. The zero-order chi connectivity index (χ0) is 14.8. The summed E-state index contributed by atoms with van der Waals surface area (Å²) in [5, 5.41) is 18.1. The number of nitro groups is 1. The van der Waals surface area contributed by atoms with Crippen molar-refractivity contribution in [3.05, 3.63) is 33.9 Å². The predicted octanol–water partition coefficient (Wildman–Crippen LogP) is 0.380. The maximum atomic E-state index is 11.7. The summed E-state index contributed by atoms with van der Waals surface area (Å²) >= 11 is 0. The minimum absolute atomic E-state index is 0.132. The van der Waals surface area contributed by atoms with Gasteiger partial charge in [-0.25, -0.2) is 13.6 Å². The van der Waals surface area contributed by atoms with E-state index in [4.69, 9.17) is 5.14 Å². The molecule has 0 bridgehead atoms. The minimum atomic E-state index is -4.13. The lowest BCUT2D eigenvalue weighted by Crippen LogP contribution is -2.30. The fourth-order valence-electron chi connectivity index (χ4n) is 1.33. The number of primary sulfonamides is 1. The number of non-ortho nitro benzene ring substituents is 1. The van der Waals surface area contributed by atoms with Gasteiger partial charge >= 0.3 is 0 Å². The van der Waals surface area contributed by atoms with Crippen LogP contribution in [0, 0.1) is 10.1 Å². The van der Waals surface area contributed by atoms with Crippen LogP contribution in [0.15, 0.2) is 23.1 Å². The van der Waals surface area contributed by atoms with E-state index in [0.717, 1.165) is 18.2 Å². The molecule has 0 atom stereocenters. The highest BCUT2D eigenvalue weighted by atomic mass is 32.2. The van der Waals surface area contributed by atoms with Crippen LogP contribution in [0.25, 0.3) is 0 Å². The first kappa shape index (κ1) is 15.1. The summed E-state index contributed by atoms with van der Waals surface area (Å²) in [6.07, 6.45) is 0. The SMILES string of the molecule is CC(C)NC(=O)c1cc([N+](=O)[O-])cc(S(N)(=O)=O)c1. The minimum Gasteiger partial charge on any atom is -0.350 e. The van der Waals surface area contributed by atoms with Crippen LogP contribution < -0.4 is 10.5 Å². The summed E-state index contributed by atoms with van der Waals surface area (Å²) < 4.78 is 22.5. The van der Waals surface area contributed by atoms with Gasteiger partial charge in [-0.3, -0.25) is 14.9 Å². The zero-order valence-electron chi connectivity index (χ0n) is 10.3. The van der Waals surface area contributed by atoms with E-state index in [2.05, 4.69) is 5.32 Å². The van der Waals surface area contributed by atoms with Crippen molar-refractivity contribution < 1.29 is 18.1 Å². The second-order valence-electron chi connectivity index (χ2n) is 4.15. The molecule has 9 heteroatoms. The molecule has 0 aromatic heterocycles. The highest BCUT2D eigenvalue weighted by Gasteiger charge is 2.19. The smallest absolute Gasteiger partial charge is 0.271 e. The van der Waals surface area contributed by atoms with Crippen LogP contribution >= 0.6 is 0 Å². The number of sulfonamides is 1. The third-order valence-electron chi connectivity index (χ3n) is 2.11. The van der Waals surface area contributed by atoms with Gasteiger partial charge < -0.3 is 5.32 Å². The number of nitrogens with one attached hydrogen (secondary N) is 1. The number of nitro benzene ring substituents is 1. The highest BCUT2D eigenvalue weighted by molar-refractivity contribution is 7.89. The van der Waals surface area contributed by atoms with Gasteiger partial charge in [0.25, 0.3) is 11.6 Å². The Morgan fingerprint density at radius 3 is 2.37 bits per heavy atom. The van der Waals surface area contributed by atoms with Gasteiger partial charge in [-0.1, -0.05) is 0 Å². The van der Waals surface area contributed by atoms with Gasteiger partial charge in [0.15, 0.2) is 0 Å². The summed E-state index contributed by atoms with van der Waals surface area (Å²) in [6, 6.07) is 2.61. The van der Waals surface area contributed by atoms with Crippen LogP contribution in [0.1, 0.15) is 24.2 Å². The zero-order valence-corrected chi connectivity index (χ0v) is 11.1. The van der Waals surface area contributed by atoms with E-state index >= 15 is 0 Å². The number of rotatable bonds is 4. The van der Waals surface area contributed by atoms with Crippen LogP contribution in [0.5, 0.6) is 0 Å². The number of hydrogen-bond donors (Lipinski definition) is 2. The number of amides is 1. The molecule has 0 spiro atoms. The van der Waals surface area contributed by atoms with Crippen LogP contribution in [0.4, 0.5) is 5.69 Å². The van der Waals surface area contributed by atoms with Gasteiger partial charge in [-0.2, -0.15) is 0 Å². The van der Waals surface area contributed by atoms with Gasteiger partial charge in [-0.15, -0.1) is 0 Å². The molecule has 104 valence electrons. The Balaban J connectivity index is 3.37. The van der Waals surface area contributed by atoms with Crippen LogP contribution in [0.3, 0.4) is 0 Å². The van der Waals surface area contributed by atoms with E-state index in [1.165, 1.54) is 0 Å². The van der Waals surface area contributed by atoms with Gasteiger partial charge in [-0.05, 0) is 19.9 Å². The number of hydrogen-bond acceptors (Lipinski definition) is 5. The Hall–Kier alpha value is -2.00. The van der Waals surface area contributed by atoms with Gasteiger partial charge in [0.05, 0.1) is 9.82 Å². The van der Waals surface area contributed by atoms with E-state index in [1.807, 2.05) is 0 Å². The lowest BCUT2D eigenvalue weighted by atomic mass is 10.2. The Morgan fingerprint density at radius 2 is 1.95 bits per heavy atom. The summed E-state index contributed by atoms with van der Waals surface area (Å²) in [5.74, 6) is -0.608. The Morgan fingerprint density at radius 1 is 1.37 bits per heavy atom. The molecule has 8 nitrogen and oxygen atoms in total. The monoisotopic (exact) mass is 287 g/mol. The molecule has 0 unspecified atom stereocenters. The van der Waals surface area contributed by atoms with E-state index in [-0.39, 0.29) is 11.6 Å². The third-order valence-corrected chi connectivity index (χ3v) is 3.01. The average Bonchev–Trinajstić information content (AvgIpc) is 2.26. The normalized spacial score (nSPS) is 11.4. The van der Waals surface area contributed by atoms with E-state index in [1.54, 1.807) is 13.8 Å². The standard InChI is InChI=1S/C10H13N3O5S/c1-6(2)12-10(14)7-3-8(13(15)16)5-9(4-7)19(11,17)18/h3-6H,1-2H3,(H,12,14)(H2,11,17,18). The average molecular weight is 287 g/mol. The van der Waals surface area contributed by atoms with Gasteiger partial charge in [0.1, 0.15) is 0 Å². The van der Waals surface area contributed by atoms with Crippen molar-refractivity contribution in [2.75, 3.05) is 0 Å². The van der Waals surface area contributed by atoms with Crippen molar-refractivity contribution >= 4 is 21.6 Å². The van der Waals surface area contributed by atoms with Crippen molar-refractivity contribution in [3.8, 4) is 0 Å². The summed E-state index contributed by atoms with van der Waals surface area (Å²) in [6.45, 7) is 3.41. The largest absolute Gasteiger partial charge is 0.350 e. The molecular weight excluding hydrogens is 274 g/mol. The molecule has 0 aliphatic carbocycles. The fourth-order valence-corrected chi connectivity index (χ4v) is 1.91. The number of nitrogens with two attached hydrogens (primary N) is 1. The third kappa shape index (κ3) is 4.00. The summed E-state index contributed by atoms with van der Waals surface area (Å²) in [7, 11) is -4.13. The molecule has 1 rings (SSSR count).